The van der Waals surface area contributed by atoms with Crippen LogP contribution in [0.2, 0.25) is 0 Å². The van der Waals surface area contributed by atoms with Crippen LogP contribution in [0.25, 0.3) is 21.3 Å². The Morgan fingerprint density at radius 3 is 2.67 bits per heavy atom. The van der Waals surface area contributed by atoms with E-state index in [1.165, 1.54) is 10.3 Å². The van der Waals surface area contributed by atoms with E-state index in [0.717, 1.165) is 27.2 Å². The molecule has 2 aromatic heterocycles. The van der Waals surface area contributed by atoms with E-state index < -0.39 is 0 Å². The van der Waals surface area contributed by atoms with E-state index in [1.54, 1.807) is 17.4 Å². The van der Waals surface area contributed by atoms with Gasteiger partial charge in [0.15, 0.2) is 5.69 Å². The van der Waals surface area contributed by atoms with Crippen molar-refractivity contribution in [1.82, 2.24) is 15.6 Å². The molecule has 27 heavy (non-hydrogen) atoms. The first-order chi connectivity index (χ1) is 13.1. The lowest BCUT2D eigenvalue weighted by Crippen LogP contribution is -2.19. The van der Waals surface area contributed by atoms with Gasteiger partial charge in [0.25, 0.3) is 5.91 Å². The van der Waals surface area contributed by atoms with E-state index in [0.29, 0.717) is 5.69 Å². The fourth-order valence-electron chi connectivity index (χ4n) is 2.81. The van der Waals surface area contributed by atoms with Crippen molar-refractivity contribution in [1.29, 1.82) is 0 Å². The van der Waals surface area contributed by atoms with Crippen molar-refractivity contribution < 1.29 is 4.79 Å². The quantitative estimate of drug-likeness (QED) is 0.400. The molecule has 0 fully saturated rings. The van der Waals surface area contributed by atoms with Gasteiger partial charge in [0.2, 0.25) is 0 Å². The Labute approximate surface area is 160 Å². The van der Waals surface area contributed by atoms with Gasteiger partial charge in [-0.25, -0.2) is 5.43 Å². The van der Waals surface area contributed by atoms with Crippen molar-refractivity contribution in [3.8, 4) is 10.6 Å². The summed E-state index contributed by atoms with van der Waals surface area (Å²) >= 11 is 1.65. The first-order valence-corrected chi connectivity index (χ1v) is 9.38. The summed E-state index contributed by atoms with van der Waals surface area (Å²) in [4.78, 5) is 14.6. The first-order valence-electron chi connectivity index (χ1n) is 8.56. The molecule has 4 aromatic rings. The summed E-state index contributed by atoms with van der Waals surface area (Å²) in [5.74, 6) is -0.342. The van der Waals surface area contributed by atoms with E-state index in [1.807, 2.05) is 44.2 Å². The maximum atomic E-state index is 12.3. The number of carbonyl (C=O) groups excluding carboxylic acids is 1. The summed E-state index contributed by atoms with van der Waals surface area (Å²) in [6.45, 7) is 3.91. The van der Waals surface area contributed by atoms with Crippen LogP contribution in [-0.4, -0.2) is 21.8 Å². The van der Waals surface area contributed by atoms with E-state index in [4.69, 9.17) is 0 Å². The summed E-state index contributed by atoms with van der Waals surface area (Å²) in [6, 6.07) is 20.0. The molecule has 134 valence electrons. The van der Waals surface area contributed by atoms with E-state index in [9.17, 15) is 4.79 Å². The predicted octanol–water partition coefficient (Wildman–Crippen LogP) is 4.75. The highest BCUT2D eigenvalue weighted by molar-refractivity contribution is 7.15. The summed E-state index contributed by atoms with van der Waals surface area (Å²) in [5.41, 5.74) is 5.42. The van der Waals surface area contributed by atoms with Crippen LogP contribution in [0.5, 0.6) is 0 Å². The number of thiophene rings is 1. The van der Waals surface area contributed by atoms with Gasteiger partial charge in [-0.3, -0.25) is 9.89 Å². The molecule has 4 rings (SSSR count). The van der Waals surface area contributed by atoms with Crippen LogP contribution < -0.4 is 5.43 Å². The second kappa shape index (κ2) is 7.17. The zero-order chi connectivity index (χ0) is 18.8. The number of benzene rings is 2. The van der Waals surface area contributed by atoms with Crippen LogP contribution in [0, 0.1) is 6.92 Å². The zero-order valence-corrected chi connectivity index (χ0v) is 15.8. The van der Waals surface area contributed by atoms with Gasteiger partial charge in [0, 0.05) is 4.88 Å². The molecule has 0 spiro atoms. The second-order valence-corrected chi connectivity index (χ2v) is 7.57. The number of fused-ring (bicyclic) bond motifs is 1. The molecule has 0 atom stereocenters. The summed E-state index contributed by atoms with van der Waals surface area (Å²) in [7, 11) is 0. The van der Waals surface area contributed by atoms with Gasteiger partial charge in [0.05, 0.1) is 16.3 Å². The highest BCUT2D eigenvalue weighted by atomic mass is 32.1. The predicted molar refractivity (Wildman–Crippen MR) is 110 cm³/mol. The van der Waals surface area contributed by atoms with Gasteiger partial charge in [-0.05, 0) is 54.4 Å². The standard InChI is InChI=1S/C21H18N4OS/c1-13-7-10-20(27-13)18-12-19(24-23-18)21(26)25-22-14(2)16-9-8-15-5-3-4-6-17(15)11-16/h3-12H,1-2H3,(H,23,24)(H,25,26). The Bertz CT molecular complexity index is 1160. The fourth-order valence-corrected chi connectivity index (χ4v) is 3.65. The number of rotatable bonds is 4. The summed E-state index contributed by atoms with van der Waals surface area (Å²) < 4.78 is 0. The molecule has 1 amide bonds. The molecular formula is C21H18N4OS. The molecule has 2 aromatic carbocycles. The molecular weight excluding hydrogens is 356 g/mol. The van der Waals surface area contributed by atoms with E-state index in [2.05, 4.69) is 45.0 Å². The SMILES string of the molecule is CC(=NNC(=O)c1cc(-c2ccc(C)s2)[nH]n1)c1ccc2ccccc2c1. The first kappa shape index (κ1) is 17.2. The summed E-state index contributed by atoms with van der Waals surface area (Å²) in [6.07, 6.45) is 0. The van der Waals surface area contributed by atoms with Gasteiger partial charge >= 0.3 is 0 Å². The number of hydrazone groups is 1. The number of aromatic amines is 1. The van der Waals surface area contributed by atoms with Crippen LogP contribution in [-0.2, 0) is 0 Å². The molecule has 0 unspecified atom stereocenters. The lowest BCUT2D eigenvalue weighted by Gasteiger charge is -2.04. The Morgan fingerprint density at radius 1 is 1.07 bits per heavy atom. The number of nitrogens with one attached hydrogen (secondary N) is 2. The normalized spacial score (nSPS) is 11.7. The minimum absolute atomic E-state index is 0.311. The number of H-pyrrole nitrogens is 1. The van der Waals surface area contributed by atoms with Crippen molar-refractivity contribution in [2.75, 3.05) is 0 Å². The van der Waals surface area contributed by atoms with Gasteiger partial charge in [-0.1, -0.05) is 36.4 Å². The average molecular weight is 374 g/mol. The Morgan fingerprint density at radius 2 is 1.89 bits per heavy atom. The lowest BCUT2D eigenvalue weighted by atomic mass is 10.0. The number of hydrogen-bond donors (Lipinski definition) is 2. The van der Waals surface area contributed by atoms with Crippen molar-refractivity contribution >= 4 is 33.7 Å². The van der Waals surface area contributed by atoms with E-state index >= 15 is 0 Å². The maximum Gasteiger partial charge on any atom is 0.291 e. The number of amides is 1. The van der Waals surface area contributed by atoms with Crippen molar-refractivity contribution in [2.45, 2.75) is 13.8 Å². The molecule has 0 radical (unpaired) electrons. The van der Waals surface area contributed by atoms with Gasteiger partial charge in [-0.15, -0.1) is 11.3 Å². The van der Waals surface area contributed by atoms with Gasteiger partial charge < -0.3 is 0 Å². The number of aryl methyl sites for hydroxylation is 1. The maximum absolute atomic E-state index is 12.3. The third-order valence-corrected chi connectivity index (χ3v) is 5.34. The second-order valence-electron chi connectivity index (χ2n) is 6.28. The largest absolute Gasteiger partial charge is 0.291 e. The Balaban J connectivity index is 1.49. The molecule has 6 heteroatoms. The summed E-state index contributed by atoms with van der Waals surface area (Å²) in [5, 5.41) is 13.5. The molecule has 0 aliphatic heterocycles. The third kappa shape index (κ3) is 3.66. The van der Waals surface area contributed by atoms with Crippen LogP contribution in [0.15, 0.2) is 65.8 Å². The molecule has 0 saturated heterocycles. The van der Waals surface area contributed by atoms with Gasteiger partial charge in [0.1, 0.15) is 0 Å². The van der Waals surface area contributed by atoms with Crippen molar-refractivity contribution in [2.24, 2.45) is 5.10 Å². The fraction of sp³-hybridized carbons (Fsp3) is 0.0952. The minimum Gasteiger partial charge on any atom is -0.276 e. The lowest BCUT2D eigenvalue weighted by molar-refractivity contribution is 0.0950. The molecule has 2 N–H and O–H groups in total. The number of aromatic nitrogens is 2. The highest BCUT2D eigenvalue weighted by Gasteiger charge is 2.12. The number of nitrogens with zero attached hydrogens (tertiary/aromatic N) is 2. The van der Waals surface area contributed by atoms with Crippen LogP contribution >= 0.6 is 11.3 Å². The Hall–Kier alpha value is -3.25. The van der Waals surface area contributed by atoms with E-state index in [-0.39, 0.29) is 5.91 Å². The molecule has 5 nitrogen and oxygen atoms in total. The van der Waals surface area contributed by atoms with Crippen LogP contribution in [0.4, 0.5) is 0 Å². The highest BCUT2D eigenvalue weighted by Crippen LogP contribution is 2.26. The molecule has 0 bridgehead atoms. The molecule has 0 aliphatic rings. The molecule has 0 aliphatic carbocycles. The topological polar surface area (TPSA) is 70.1 Å². The third-order valence-electron chi connectivity index (χ3n) is 4.31. The number of carbonyl (C=O) groups is 1. The van der Waals surface area contributed by atoms with Crippen molar-refractivity contribution in [3.05, 3.63) is 76.8 Å². The zero-order valence-electron chi connectivity index (χ0n) is 15.0. The molecule has 2 heterocycles. The smallest absolute Gasteiger partial charge is 0.276 e. The van der Waals surface area contributed by atoms with Crippen molar-refractivity contribution in [3.63, 3.8) is 0 Å². The van der Waals surface area contributed by atoms with Crippen LogP contribution in [0.1, 0.15) is 27.9 Å². The molecule has 0 saturated carbocycles. The Kier molecular flexibility index (Phi) is 4.56. The number of hydrogen-bond acceptors (Lipinski definition) is 4. The van der Waals surface area contributed by atoms with Crippen LogP contribution in [0.3, 0.4) is 0 Å². The van der Waals surface area contributed by atoms with Gasteiger partial charge in [-0.2, -0.15) is 10.2 Å². The average Bonchev–Trinajstić information content (AvgIpc) is 3.34. The monoisotopic (exact) mass is 374 g/mol. The minimum atomic E-state index is -0.342.